The Bertz CT molecular complexity index is 1040. The Morgan fingerprint density at radius 1 is 0.643 bits per heavy atom. The van der Waals surface area contributed by atoms with Crippen LogP contribution < -0.4 is 5.32 Å². The van der Waals surface area contributed by atoms with E-state index in [-0.39, 0.29) is 6.42 Å². The topological polar surface area (TPSA) is 212 Å². The van der Waals surface area contributed by atoms with Crippen LogP contribution in [0.1, 0.15) is 200 Å². The van der Waals surface area contributed by atoms with Gasteiger partial charge in [0.2, 0.25) is 5.91 Å². The normalized spacial score (nSPS) is 21.9. The number of unbranched alkanes of at least 4 members (excludes halogenated alkanes) is 25. The lowest BCUT2D eigenvalue weighted by Crippen LogP contribution is -2.61. The maximum absolute atomic E-state index is 13.1. The lowest BCUT2D eigenvalue weighted by Gasteiger charge is -2.41. The molecule has 14 heteroatoms. The van der Waals surface area contributed by atoms with E-state index in [0.717, 1.165) is 38.5 Å². The van der Waals surface area contributed by atoms with Gasteiger partial charge in [0.25, 0.3) is 0 Å². The Balaban J connectivity index is 2.49. The molecule has 0 aliphatic carbocycles. The van der Waals surface area contributed by atoms with Crippen molar-refractivity contribution in [2.75, 3.05) is 13.2 Å². The van der Waals surface area contributed by atoms with E-state index in [0.29, 0.717) is 19.3 Å². The predicted octanol–water partition coefficient (Wildman–Crippen LogP) is 7.19. The van der Waals surface area contributed by atoms with Crippen molar-refractivity contribution in [2.45, 2.75) is 249 Å². The van der Waals surface area contributed by atoms with Crippen molar-refractivity contribution in [3.05, 3.63) is 0 Å². The summed E-state index contributed by atoms with van der Waals surface area (Å²) in [6.07, 6.45) is 21.7. The van der Waals surface area contributed by atoms with Crippen molar-refractivity contribution in [1.29, 1.82) is 0 Å². The van der Waals surface area contributed by atoms with Gasteiger partial charge in [-0.25, -0.2) is 4.18 Å². The molecule has 1 aliphatic rings. The van der Waals surface area contributed by atoms with Crippen molar-refractivity contribution >= 4 is 16.3 Å². The molecule has 0 radical (unpaired) electrons. The van der Waals surface area contributed by atoms with Crippen LogP contribution in [0.4, 0.5) is 0 Å². The first-order valence-corrected chi connectivity index (χ1v) is 23.9. The molecule has 1 saturated heterocycles. The summed E-state index contributed by atoms with van der Waals surface area (Å²) in [5, 5.41) is 55.1. The number of aliphatic hydroxyl groups is 5. The zero-order valence-electron chi connectivity index (χ0n) is 35.1. The second-order valence-corrected chi connectivity index (χ2v) is 17.2. The zero-order chi connectivity index (χ0) is 41.4. The van der Waals surface area contributed by atoms with Crippen molar-refractivity contribution in [3.8, 4) is 0 Å². The molecule has 0 aromatic rings. The van der Waals surface area contributed by atoms with Crippen LogP contribution >= 0.6 is 0 Å². The van der Waals surface area contributed by atoms with Gasteiger partial charge in [0.05, 0.1) is 25.4 Å². The van der Waals surface area contributed by atoms with Gasteiger partial charge in [-0.2, -0.15) is 8.42 Å². The van der Waals surface area contributed by atoms with Gasteiger partial charge in [-0.3, -0.25) is 9.35 Å². The SMILES string of the molecule is CCCCCCCCCCCCCCCCCCCCC(O)C(=O)NC(COC1OC(CO)C(O)C(OS(=O)(=O)O)C1O)C(O)CCCCCCCCCCC. The number of hydrogen-bond donors (Lipinski definition) is 7. The molecule has 0 aromatic carbocycles. The van der Waals surface area contributed by atoms with Crippen LogP contribution in [0.25, 0.3) is 0 Å². The van der Waals surface area contributed by atoms with Gasteiger partial charge in [-0.05, 0) is 12.8 Å². The van der Waals surface area contributed by atoms with E-state index in [1.807, 2.05) is 0 Å². The lowest BCUT2D eigenvalue weighted by atomic mass is 9.99. The number of rotatable bonds is 38. The fourth-order valence-corrected chi connectivity index (χ4v) is 7.92. The van der Waals surface area contributed by atoms with E-state index in [1.54, 1.807) is 0 Å². The molecule has 0 saturated carbocycles. The van der Waals surface area contributed by atoms with Crippen molar-refractivity contribution in [1.82, 2.24) is 5.32 Å². The molecular weight excluding hydrogens is 743 g/mol. The summed E-state index contributed by atoms with van der Waals surface area (Å²) in [6, 6.07) is -1.03. The number of nitrogens with one attached hydrogen (secondary N) is 1. The van der Waals surface area contributed by atoms with Crippen LogP contribution in [-0.2, 0) is 28.9 Å². The predicted molar refractivity (Wildman–Crippen MR) is 219 cm³/mol. The lowest BCUT2D eigenvalue weighted by molar-refractivity contribution is -0.298. The van der Waals surface area contributed by atoms with E-state index in [9.17, 15) is 38.7 Å². The molecule has 13 nitrogen and oxygen atoms in total. The summed E-state index contributed by atoms with van der Waals surface area (Å²) in [5.41, 5.74) is 0. The fourth-order valence-electron chi connectivity index (χ4n) is 7.41. The average Bonchev–Trinajstić information content (AvgIpc) is 3.16. The monoisotopic (exact) mass is 826 g/mol. The summed E-state index contributed by atoms with van der Waals surface area (Å²) >= 11 is 0. The number of carbonyl (C=O) groups is 1. The van der Waals surface area contributed by atoms with Crippen LogP contribution in [0.5, 0.6) is 0 Å². The Hall–Kier alpha value is -0.940. The van der Waals surface area contributed by atoms with Gasteiger partial charge >= 0.3 is 10.4 Å². The Morgan fingerprint density at radius 2 is 1.04 bits per heavy atom. The minimum atomic E-state index is -5.10. The minimum Gasteiger partial charge on any atom is -0.394 e. The van der Waals surface area contributed by atoms with Gasteiger partial charge in [-0.15, -0.1) is 0 Å². The molecule has 0 spiro atoms. The van der Waals surface area contributed by atoms with Gasteiger partial charge in [-0.1, -0.05) is 187 Å². The van der Waals surface area contributed by atoms with Gasteiger partial charge in [0.15, 0.2) is 6.29 Å². The number of aliphatic hydroxyl groups excluding tert-OH is 5. The first-order valence-electron chi connectivity index (χ1n) is 22.5. The maximum atomic E-state index is 13.1. The molecule has 1 fully saturated rings. The molecular formula is C42H83NO12S. The third kappa shape index (κ3) is 26.2. The molecule has 0 aromatic heterocycles. The molecule has 1 amide bonds. The standard InChI is InChI=1S/C42H83NO12S/c1-3-5-7-9-11-13-14-15-16-17-18-19-20-21-23-25-27-29-31-36(46)41(49)43-34(35(45)30-28-26-24-22-12-10-8-6-4-2)33-53-42-39(48)40(55-56(50,51)52)38(47)37(32-44)54-42/h34-40,42,44-48H,3-33H2,1-2H3,(H,43,49)(H,50,51,52). The number of ether oxygens (including phenoxy) is 2. The van der Waals surface area contributed by atoms with Crippen LogP contribution in [0.2, 0.25) is 0 Å². The smallest absolute Gasteiger partial charge is 0.394 e. The average molecular weight is 826 g/mol. The molecule has 334 valence electrons. The van der Waals surface area contributed by atoms with E-state index >= 15 is 0 Å². The molecule has 1 aliphatic heterocycles. The molecule has 56 heavy (non-hydrogen) atoms. The van der Waals surface area contributed by atoms with Gasteiger partial charge < -0.3 is 40.3 Å². The second-order valence-electron chi connectivity index (χ2n) is 16.1. The Kier molecular flexibility index (Phi) is 32.1. The van der Waals surface area contributed by atoms with E-state index in [1.165, 1.54) is 122 Å². The molecule has 7 N–H and O–H groups in total. The Morgan fingerprint density at radius 3 is 1.43 bits per heavy atom. The van der Waals surface area contributed by atoms with Crippen molar-refractivity contribution in [3.63, 3.8) is 0 Å². The highest BCUT2D eigenvalue weighted by Gasteiger charge is 2.48. The molecule has 8 unspecified atom stereocenters. The number of amides is 1. The van der Waals surface area contributed by atoms with E-state index < -0.39 is 78.5 Å². The number of hydrogen-bond acceptors (Lipinski definition) is 11. The highest BCUT2D eigenvalue weighted by molar-refractivity contribution is 7.80. The summed E-state index contributed by atoms with van der Waals surface area (Å²) in [5.74, 6) is -0.668. The summed E-state index contributed by atoms with van der Waals surface area (Å²) in [7, 11) is -5.10. The summed E-state index contributed by atoms with van der Waals surface area (Å²) in [4.78, 5) is 13.1. The van der Waals surface area contributed by atoms with Gasteiger partial charge in [0.1, 0.15) is 30.5 Å². The van der Waals surface area contributed by atoms with Crippen LogP contribution in [0, 0.1) is 0 Å². The quantitative estimate of drug-likeness (QED) is 0.0244. The van der Waals surface area contributed by atoms with Crippen LogP contribution in [0.15, 0.2) is 0 Å². The van der Waals surface area contributed by atoms with Crippen LogP contribution in [0.3, 0.4) is 0 Å². The molecule has 8 atom stereocenters. The third-order valence-corrected chi connectivity index (χ3v) is 11.5. The first-order chi connectivity index (χ1) is 26.9. The van der Waals surface area contributed by atoms with E-state index in [4.69, 9.17) is 14.0 Å². The van der Waals surface area contributed by atoms with Gasteiger partial charge in [0, 0.05) is 0 Å². The second kappa shape index (κ2) is 33.8. The van der Waals surface area contributed by atoms with Crippen molar-refractivity contribution in [2.24, 2.45) is 0 Å². The van der Waals surface area contributed by atoms with Crippen molar-refractivity contribution < 1.29 is 57.0 Å². The molecule has 0 bridgehead atoms. The highest BCUT2D eigenvalue weighted by Crippen LogP contribution is 2.26. The first kappa shape index (κ1) is 53.1. The van der Waals surface area contributed by atoms with E-state index in [2.05, 4.69) is 23.3 Å². The third-order valence-electron chi connectivity index (χ3n) is 11.0. The van der Waals surface area contributed by atoms with Crippen LogP contribution in [-0.4, -0.2) is 107 Å². The maximum Gasteiger partial charge on any atom is 0.397 e. The Labute approximate surface area is 340 Å². The zero-order valence-corrected chi connectivity index (χ0v) is 35.9. The molecule has 1 rings (SSSR count). The fraction of sp³-hybridized carbons (Fsp3) is 0.976. The highest BCUT2D eigenvalue weighted by atomic mass is 32.3. The largest absolute Gasteiger partial charge is 0.397 e. The summed E-state index contributed by atoms with van der Waals surface area (Å²) < 4.78 is 47.4. The summed E-state index contributed by atoms with van der Waals surface area (Å²) in [6.45, 7) is 3.25. The minimum absolute atomic E-state index is 0.266. The number of carbonyl (C=O) groups excluding carboxylic acids is 1. The molecule has 1 heterocycles.